The van der Waals surface area contributed by atoms with E-state index in [-0.39, 0.29) is 12.0 Å². The third-order valence-electron chi connectivity index (χ3n) is 1.10. The van der Waals surface area contributed by atoms with Crippen LogP contribution in [-0.4, -0.2) is 34.3 Å². The van der Waals surface area contributed by atoms with Gasteiger partial charge in [-0.3, -0.25) is 0 Å². The highest BCUT2D eigenvalue weighted by molar-refractivity contribution is 8.00. The fourth-order valence-corrected chi connectivity index (χ4v) is 1.64. The molecule has 0 saturated carbocycles. The molecule has 54 valence electrons. The fourth-order valence-electron chi connectivity index (χ4n) is 0.700. The minimum atomic E-state index is -0.619. The van der Waals surface area contributed by atoms with Crippen molar-refractivity contribution in [3.63, 3.8) is 0 Å². The largest absolute Gasteiger partial charge is 0.396 e. The van der Waals surface area contributed by atoms with Crippen LogP contribution in [0.5, 0.6) is 0 Å². The summed E-state index contributed by atoms with van der Waals surface area (Å²) >= 11 is 1.54. The van der Waals surface area contributed by atoms with Crippen molar-refractivity contribution >= 4 is 11.8 Å². The summed E-state index contributed by atoms with van der Waals surface area (Å²) in [6.07, 6.45) is -0.00611. The SMILES string of the molecule is OCC[C@@H]1O[C@@H](O)CS1. The molecule has 0 unspecified atom stereocenters. The van der Waals surface area contributed by atoms with E-state index in [4.69, 9.17) is 14.9 Å². The first-order valence-corrected chi connectivity index (χ1v) is 3.94. The van der Waals surface area contributed by atoms with Crippen molar-refractivity contribution in [1.82, 2.24) is 0 Å². The van der Waals surface area contributed by atoms with E-state index in [2.05, 4.69) is 0 Å². The zero-order valence-electron chi connectivity index (χ0n) is 4.99. The molecule has 1 rings (SSSR count). The monoisotopic (exact) mass is 150 g/mol. The minimum Gasteiger partial charge on any atom is -0.396 e. The predicted molar refractivity (Wildman–Crippen MR) is 35.0 cm³/mol. The second-order valence-electron chi connectivity index (χ2n) is 1.87. The molecule has 0 bridgehead atoms. The summed E-state index contributed by atoms with van der Waals surface area (Å²) in [7, 11) is 0. The third kappa shape index (κ3) is 2.14. The molecule has 1 fully saturated rings. The normalized spacial score (nSPS) is 35.3. The van der Waals surface area contributed by atoms with Gasteiger partial charge < -0.3 is 14.9 Å². The van der Waals surface area contributed by atoms with E-state index in [1.165, 1.54) is 0 Å². The van der Waals surface area contributed by atoms with Crippen molar-refractivity contribution in [3.8, 4) is 0 Å². The average Bonchev–Trinajstić information content (AvgIpc) is 2.17. The Bertz CT molecular complexity index is 86.3. The van der Waals surface area contributed by atoms with Crippen molar-refractivity contribution in [3.05, 3.63) is 0 Å². The molecule has 2 N–H and O–H groups in total. The first-order chi connectivity index (χ1) is 4.33. The van der Waals surface area contributed by atoms with Gasteiger partial charge in [-0.1, -0.05) is 0 Å². The minimum absolute atomic E-state index is 0.00463. The molecular weight excluding hydrogens is 140 g/mol. The van der Waals surface area contributed by atoms with Gasteiger partial charge >= 0.3 is 0 Å². The molecule has 0 radical (unpaired) electrons. The summed E-state index contributed by atoms with van der Waals surface area (Å²) in [6, 6.07) is 0. The highest BCUT2D eigenvalue weighted by Crippen LogP contribution is 2.25. The zero-order chi connectivity index (χ0) is 6.69. The number of hydrogen-bond acceptors (Lipinski definition) is 4. The maximum atomic E-state index is 8.80. The van der Waals surface area contributed by atoms with Crippen LogP contribution in [0.15, 0.2) is 0 Å². The summed E-state index contributed by atoms with van der Waals surface area (Å²) in [4.78, 5) is 0. The Morgan fingerprint density at radius 1 is 1.67 bits per heavy atom. The maximum absolute atomic E-state index is 8.80. The van der Waals surface area contributed by atoms with E-state index in [1.54, 1.807) is 11.8 Å². The fraction of sp³-hybridized carbons (Fsp3) is 1.00. The molecule has 0 amide bonds. The van der Waals surface area contributed by atoms with Crippen LogP contribution in [0.25, 0.3) is 0 Å². The Kier molecular flexibility index (Phi) is 2.78. The van der Waals surface area contributed by atoms with Crippen LogP contribution in [0.4, 0.5) is 0 Å². The lowest BCUT2D eigenvalue weighted by Gasteiger charge is -2.05. The third-order valence-corrected chi connectivity index (χ3v) is 2.29. The Labute approximate surface area is 58.0 Å². The van der Waals surface area contributed by atoms with Crippen LogP contribution in [0, 0.1) is 0 Å². The van der Waals surface area contributed by atoms with Crippen molar-refractivity contribution in [1.29, 1.82) is 0 Å². The predicted octanol–water partition coefficient (Wildman–Crippen LogP) is -0.223. The van der Waals surface area contributed by atoms with Crippen LogP contribution >= 0.6 is 11.8 Å². The van der Waals surface area contributed by atoms with Gasteiger partial charge in [0.2, 0.25) is 0 Å². The first-order valence-electron chi connectivity index (χ1n) is 2.89. The van der Waals surface area contributed by atoms with E-state index in [1.807, 2.05) is 0 Å². The number of aliphatic hydroxyl groups excluding tert-OH is 2. The number of rotatable bonds is 2. The highest BCUT2D eigenvalue weighted by atomic mass is 32.2. The summed E-state index contributed by atoms with van der Waals surface area (Å²) in [6.45, 7) is 0.129. The van der Waals surface area contributed by atoms with Crippen molar-refractivity contribution in [2.24, 2.45) is 0 Å². The lowest BCUT2D eigenvalue weighted by molar-refractivity contribution is -0.0835. The van der Waals surface area contributed by atoms with E-state index < -0.39 is 6.29 Å². The average molecular weight is 150 g/mol. The molecule has 2 atom stereocenters. The molecule has 1 aliphatic rings. The Morgan fingerprint density at radius 3 is 2.89 bits per heavy atom. The Morgan fingerprint density at radius 2 is 2.44 bits per heavy atom. The van der Waals surface area contributed by atoms with Crippen molar-refractivity contribution < 1.29 is 14.9 Å². The second kappa shape index (κ2) is 3.41. The molecule has 0 aromatic rings. The van der Waals surface area contributed by atoms with E-state index in [0.29, 0.717) is 12.2 Å². The molecule has 0 aromatic heterocycles. The number of aliphatic hydroxyl groups is 2. The van der Waals surface area contributed by atoms with Gasteiger partial charge in [-0.05, 0) is 0 Å². The van der Waals surface area contributed by atoms with Gasteiger partial charge in [-0.2, -0.15) is 0 Å². The van der Waals surface area contributed by atoms with Gasteiger partial charge in [0.15, 0.2) is 6.29 Å². The smallest absolute Gasteiger partial charge is 0.165 e. The van der Waals surface area contributed by atoms with Crippen LogP contribution in [0.1, 0.15) is 6.42 Å². The summed E-state index contributed by atoms with van der Waals surface area (Å²) in [5, 5.41) is 17.2. The molecular formula is C5H10O3S. The zero-order valence-corrected chi connectivity index (χ0v) is 5.80. The van der Waals surface area contributed by atoms with Gasteiger partial charge in [0.1, 0.15) is 5.44 Å². The van der Waals surface area contributed by atoms with Crippen LogP contribution in [0.2, 0.25) is 0 Å². The van der Waals surface area contributed by atoms with Gasteiger partial charge in [-0.15, -0.1) is 11.8 Å². The van der Waals surface area contributed by atoms with Gasteiger partial charge in [-0.25, -0.2) is 0 Å². The van der Waals surface area contributed by atoms with Crippen LogP contribution in [-0.2, 0) is 4.74 Å². The van der Waals surface area contributed by atoms with Crippen molar-refractivity contribution in [2.75, 3.05) is 12.4 Å². The Balaban J connectivity index is 2.14. The molecule has 1 saturated heterocycles. The molecule has 4 heteroatoms. The molecule has 0 spiro atoms. The van der Waals surface area contributed by atoms with Gasteiger partial charge in [0.05, 0.1) is 0 Å². The summed E-state index contributed by atoms with van der Waals surface area (Å²) < 4.78 is 4.96. The van der Waals surface area contributed by atoms with Gasteiger partial charge in [0, 0.05) is 18.8 Å². The molecule has 0 aliphatic carbocycles. The number of thioether (sulfide) groups is 1. The summed E-state index contributed by atoms with van der Waals surface area (Å²) in [5.41, 5.74) is 0.00463. The summed E-state index contributed by atoms with van der Waals surface area (Å²) in [5.74, 6) is 0.630. The van der Waals surface area contributed by atoms with Crippen molar-refractivity contribution in [2.45, 2.75) is 18.1 Å². The quantitative estimate of drug-likeness (QED) is 0.571. The standard InChI is InChI=1S/C5H10O3S/c6-2-1-5-8-4(7)3-9-5/h4-7H,1-3H2/t4-,5-/m1/s1. The molecule has 1 aliphatic heterocycles. The number of ether oxygens (including phenoxy) is 1. The van der Waals surface area contributed by atoms with E-state index >= 15 is 0 Å². The Hall–Kier alpha value is 0.230. The van der Waals surface area contributed by atoms with Gasteiger partial charge in [0.25, 0.3) is 0 Å². The lowest BCUT2D eigenvalue weighted by atomic mass is 10.5. The van der Waals surface area contributed by atoms with Crippen LogP contribution < -0.4 is 0 Å². The first kappa shape index (κ1) is 7.34. The molecule has 1 heterocycles. The van der Waals surface area contributed by atoms with E-state index in [9.17, 15) is 0 Å². The molecule has 0 aromatic carbocycles. The second-order valence-corrected chi connectivity index (χ2v) is 3.06. The lowest BCUT2D eigenvalue weighted by Crippen LogP contribution is -2.11. The maximum Gasteiger partial charge on any atom is 0.165 e. The highest BCUT2D eigenvalue weighted by Gasteiger charge is 2.22. The number of hydrogen-bond donors (Lipinski definition) is 2. The molecule has 9 heavy (non-hydrogen) atoms. The topological polar surface area (TPSA) is 49.7 Å². The molecule has 3 nitrogen and oxygen atoms in total. The van der Waals surface area contributed by atoms with E-state index in [0.717, 1.165) is 0 Å². The van der Waals surface area contributed by atoms with Crippen LogP contribution in [0.3, 0.4) is 0 Å².